The monoisotopic (exact) mass is 325 g/mol. The second kappa shape index (κ2) is 6.38. The molecule has 0 saturated carbocycles. The van der Waals surface area contributed by atoms with Crippen LogP contribution in [-0.2, 0) is 14.6 Å². The topological polar surface area (TPSA) is 63.7 Å². The van der Waals surface area contributed by atoms with E-state index in [0.717, 1.165) is 19.4 Å². The summed E-state index contributed by atoms with van der Waals surface area (Å²) in [7, 11) is -0.0941. The first-order chi connectivity index (χ1) is 10.3. The third-order valence-electron chi connectivity index (χ3n) is 4.24. The molecule has 1 fully saturated rings. The molecule has 0 spiro atoms. The van der Waals surface area contributed by atoms with Crippen molar-refractivity contribution in [1.82, 2.24) is 4.90 Å². The van der Waals surface area contributed by atoms with Crippen molar-refractivity contribution in [2.24, 2.45) is 0 Å². The Balaban J connectivity index is 2.61. The van der Waals surface area contributed by atoms with Gasteiger partial charge < -0.3 is 4.74 Å². The fourth-order valence-electron chi connectivity index (χ4n) is 2.87. The molecule has 0 aliphatic carbocycles. The van der Waals surface area contributed by atoms with Crippen LogP contribution in [0.1, 0.15) is 48.7 Å². The number of hydrogen-bond acceptors (Lipinski definition) is 5. The number of rotatable bonds is 4. The van der Waals surface area contributed by atoms with Crippen molar-refractivity contribution in [1.29, 1.82) is 0 Å². The van der Waals surface area contributed by atoms with Crippen molar-refractivity contribution in [3.05, 3.63) is 29.3 Å². The van der Waals surface area contributed by atoms with Crippen LogP contribution in [0.3, 0.4) is 0 Å². The fraction of sp³-hybridized carbons (Fsp3) is 0.562. The van der Waals surface area contributed by atoms with Crippen molar-refractivity contribution < 1.29 is 17.9 Å². The maximum absolute atomic E-state index is 12.6. The summed E-state index contributed by atoms with van der Waals surface area (Å²) in [5.74, 6) is -0.449. The van der Waals surface area contributed by atoms with E-state index in [-0.39, 0.29) is 6.04 Å². The van der Waals surface area contributed by atoms with Gasteiger partial charge in [0.1, 0.15) is 0 Å². The third kappa shape index (κ3) is 3.03. The number of esters is 1. The molecule has 0 bridgehead atoms. The molecule has 0 radical (unpaired) electrons. The van der Waals surface area contributed by atoms with Crippen LogP contribution in [0.2, 0.25) is 0 Å². The minimum Gasteiger partial charge on any atom is -0.465 e. The number of methoxy groups -OCH3 is 1. The fourth-order valence-corrected chi connectivity index (χ4v) is 4.16. The maximum atomic E-state index is 12.6. The van der Waals surface area contributed by atoms with E-state index in [1.165, 1.54) is 13.2 Å². The van der Waals surface area contributed by atoms with E-state index in [4.69, 9.17) is 4.74 Å². The van der Waals surface area contributed by atoms with Gasteiger partial charge in [-0.15, -0.1) is 0 Å². The number of nitrogens with zero attached hydrogens (tertiary/aromatic N) is 1. The van der Waals surface area contributed by atoms with Crippen LogP contribution in [0.15, 0.2) is 23.1 Å². The van der Waals surface area contributed by atoms with Crippen LogP contribution >= 0.6 is 0 Å². The zero-order valence-electron chi connectivity index (χ0n) is 13.5. The summed E-state index contributed by atoms with van der Waals surface area (Å²) in [5, 5.41) is -0.498. The van der Waals surface area contributed by atoms with Crippen LogP contribution in [0.25, 0.3) is 0 Å². The van der Waals surface area contributed by atoms with Gasteiger partial charge in [-0.3, -0.25) is 4.90 Å². The molecule has 1 unspecified atom stereocenters. The van der Waals surface area contributed by atoms with E-state index >= 15 is 0 Å². The molecule has 1 atom stereocenters. The minimum absolute atomic E-state index is 0.0214. The molecule has 1 aliphatic heterocycles. The van der Waals surface area contributed by atoms with Crippen molar-refractivity contribution >= 4 is 15.8 Å². The van der Waals surface area contributed by atoms with Gasteiger partial charge in [0, 0.05) is 6.04 Å². The second-order valence-corrected chi connectivity index (χ2v) is 8.45. The molecule has 1 aromatic rings. The summed E-state index contributed by atoms with van der Waals surface area (Å²) < 4.78 is 30.0. The Bertz CT molecular complexity index is 667. The van der Waals surface area contributed by atoms with Crippen LogP contribution in [-0.4, -0.2) is 45.2 Å². The SMILES string of the molecule is COC(=O)c1ccc(S(=O)(=O)C(C)C)c(C2CCCN2C)c1. The largest absolute Gasteiger partial charge is 0.465 e. The van der Waals surface area contributed by atoms with E-state index in [2.05, 4.69) is 4.90 Å². The molecule has 1 aromatic carbocycles. The van der Waals surface area contributed by atoms with Crippen molar-refractivity contribution in [3.63, 3.8) is 0 Å². The number of carbonyl (C=O) groups is 1. The molecule has 1 saturated heterocycles. The summed E-state index contributed by atoms with van der Waals surface area (Å²) in [6.07, 6.45) is 1.91. The highest BCUT2D eigenvalue weighted by Crippen LogP contribution is 2.36. The van der Waals surface area contributed by atoms with Gasteiger partial charge in [-0.25, -0.2) is 13.2 Å². The predicted molar refractivity (Wildman–Crippen MR) is 84.7 cm³/mol. The lowest BCUT2D eigenvalue weighted by Crippen LogP contribution is -2.23. The third-order valence-corrected chi connectivity index (χ3v) is 6.46. The van der Waals surface area contributed by atoms with E-state index < -0.39 is 21.1 Å². The smallest absolute Gasteiger partial charge is 0.337 e. The predicted octanol–water partition coefficient (Wildman–Crippen LogP) is 2.42. The number of sulfone groups is 1. The number of carbonyl (C=O) groups excluding carboxylic acids is 1. The second-order valence-electron chi connectivity index (χ2n) is 5.98. The van der Waals surface area contributed by atoms with Gasteiger partial charge in [-0.1, -0.05) is 0 Å². The summed E-state index contributed by atoms with van der Waals surface area (Å²) in [6.45, 7) is 4.27. The maximum Gasteiger partial charge on any atom is 0.337 e. The van der Waals surface area contributed by atoms with Gasteiger partial charge >= 0.3 is 5.97 Å². The molecule has 5 nitrogen and oxygen atoms in total. The first-order valence-corrected chi connectivity index (χ1v) is 9.00. The number of hydrogen-bond donors (Lipinski definition) is 0. The molecule has 6 heteroatoms. The van der Waals surface area contributed by atoms with Crippen LogP contribution in [0.5, 0.6) is 0 Å². The van der Waals surface area contributed by atoms with Crippen LogP contribution < -0.4 is 0 Å². The first-order valence-electron chi connectivity index (χ1n) is 7.45. The summed E-state index contributed by atoms with van der Waals surface area (Å²) in [4.78, 5) is 14.2. The van der Waals surface area contributed by atoms with E-state index in [1.807, 2.05) is 7.05 Å². The standard InChI is InChI=1S/C16H23NO4S/c1-11(2)22(19,20)15-8-7-12(16(18)21-4)10-13(15)14-6-5-9-17(14)3/h7-8,10-11,14H,5-6,9H2,1-4H3. The van der Waals surface area contributed by atoms with Gasteiger partial charge in [0.15, 0.2) is 9.84 Å². The summed E-state index contributed by atoms with van der Waals surface area (Å²) in [6, 6.07) is 4.77. The van der Waals surface area contributed by atoms with Gasteiger partial charge in [0.2, 0.25) is 0 Å². The molecule has 0 N–H and O–H groups in total. The Hall–Kier alpha value is -1.40. The van der Waals surface area contributed by atoms with Gasteiger partial charge in [-0.05, 0) is 64.0 Å². The average Bonchev–Trinajstić information content (AvgIpc) is 2.91. The minimum atomic E-state index is -3.40. The Morgan fingerprint density at radius 2 is 2.05 bits per heavy atom. The highest BCUT2D eigenvalue weighted by atomic mass is 32.2. The lowest BCUT2D eigenvalue weighted by Gasteiger charge is -2.24. The molecule has 22 heavy (non-hydrogen) atoms. The molecular formula is C16H23NO4S. The number of likely N-dealkylation sites (tertiary alicyclic amines) is 1. The van der Waals surface area contributed by atoms with E-state index in [9.17, 15) is 13.2 Å². The van der Waals surface area contributed by atoms with Gasteiger partial charge in [0.05, 0.1) is 22.8 Å². The Morgan fingerprint density at radius 1 is 1.36 bits per heavy atom. The molecule has 2 rings (SSSR count). The molecule has 0 aromatic heterocycles. The number of benzene rings is 1. The van der Waals surface area contributed by atoms with Gasteiger partial charge in [-0.2, -0.15) is 0 Å². The average molecular weight is 325 g/mol. The number of ether oxygens (including phenoxy) is 1. The van der Waals surface area contributed by atoms with Crippen LogP contribution in [0, 0.1) is 0 Å². The molecule has 1 heterocycles. The van der Waals surface area contributed by atoms with E-state index in [0.29, 0.717) is 16.0 Å². The zero-order chi connectivity index (χ0) is 16.5. The Labute approximate surface area is 132 Å². The molecular weight excluding hydrogens is 302 g/mol. The highest BCUT2D eigenvalue weighted by molar-refractivity contribution is 7.92. The lowest BCUT2D eigenvalue weighted by atomic mass is 10.0. The molecule has 0 amide bonds. The summed E-state index contributed by atoms with van der Waals surface area (Å²) in [5.41, 5.74) is 1.09. The van der Waals surface area contributed by atoms with Crippen molar-refractivity contribution in [3.8, 4) is 0 Å². The van der Waals surface area contributed by atoms with Gasteiger partial charge in [0.25, 0.3) is 0 Å². The van der Waals surface area contributed by atoms with Crippen molar-refractivity contribution in [2.45, 2.75) is 42.9 Å². The first kappa shape index (κ1) is 17.0. The molecule has 1 aliphatic rings. The summed E-state index contributed by atoms with van der Waals surface area (Å²) >= 11 is 0. The normalized spacial score (nSPS) is 19.6. The highest BCUT2D eigenvalue weighted by Gasteiger charge is 2.31. The van der Waals surface area contributed by atoms with E-state index in [1.54, 1.807) is 26.0 Å². The Morgan fingerprint density at radius 3 is 2.55 bits per heavy atom. The lowest BCUT2D eigenvalue weighted by molar-refractivity contribution is 0.0600. The van der Waals surface area contributed by atoms with Crippen molar-refractivity contribution in [2.75, 3.05) is 20.7 Å². The zero-order valence-corrected chi connectivity index (χ0v) is 14.3. The molecule has 122 valence electrons. The Kier molecular flexibility index (Phi) is 4.92. The quantitative estimate of drug-likeness (QED) is 0.796. The van der Waals surface area contributed by atoms with Crippen LogP contribution in [0.4, 0.5) is 0 Å².